The summed E-state index contributed by atoms with van der Waals surface area (Å²) in [5.41, 5.74) is 7.88. The van der Waals surface area contributed by atoms with Gasteiger partial charge < -0.3 is 16.2 Å². The number of nitrogens with one attached hydrogen (secondary N) is 2. The number of nitrogen functional groups attached to an aromatic ring is 1. The first kappa shape index (κ1) is 20.0. The Kier molecular flexibility index (Phi) is 6.19. The van der Waals surface area contributed by atoms with Crippen molar-refractivity contribution in [3.8, 4) is 0 Å². The van der Waals surface area contributed by atoms with E-state index in [-0.39, 0.29) is 5.84 Å². The quantitative estimate of drug-likeness (QED) is 0.431. The highest BCUT2D eigenvalue weighted by Crippen LogP contribution is 2.29. The maximum absolute atomic E-state index is 12.2. The number of carbonyl (C=O) groups is 1. The molecule has 5 heteroatoms. The molecule has 2 rings (SSSR count). The van der Waals surface area contributed by atoms with Crippen molar-refractivity contribution in [1.82, 2.24) is 0 Å². The van der Waals surface area contributed by atoms with Gasteiger partial charge in [0.25, 0.3) is 0 Å². The molecule has 0 aliphatic carbocycles. The van der Waals surface area contributed by atoms with E-state index in [1.165, 1.54) is 0 Å². The highest BCUT2D eigenvalue weighted by atomic mass is 16.4. The lowest BCUT2D eigenvalue weighted by molar-refractivity contribution is -0.142. The van der Waals surface area contributed by atoms with E-state index in [1.54, 1.807) is 31.2 Å². The second-order valence-corrected chi connectivity index (χ2v) is 6.43. The Hall–Kier alpha value is -3.34. The highest BCUT2D eigenvalue weighted by Gasteiger charge is 2.35. The average Bonchev–Trinajstić information content (AvgIpc) is 2.62. The van der Waals surface area contributed by atoms with Crippen molar-refractivity contribution in [2.45, 2.75) is 26.3 Å². The van der Waals surface area contributed by atoms with Crippen LogP contribution in [0.4, 0.5) is 5.69 Å². The summed E-state index contributed by atoms with van der Waals surface area (Å²) in [5, 5.41) is 20.6. The van der Waals surface area contributed by atoms with Crippen molar-refractivity contribution in [2.24, 2.45) is 5.73 Å². The summed E-state index contributed by atoms with van der Waals surface area (Å²) < 4.78 is 0. The summed E-state index contributed by atoms with van der Waals surface area (Å²) in [6.45, 7) is 5.49. The van der Waals surface area contributed by atoms with Gasteiger partial charge in [-0.25, -0.2) is 4.79 Å². The monoisotopic (exact) mass is 363 g/mol. The van der Waals surface area contributed by atoms with Crippen LogP contribution < -0.4 is 11.1 Å². The number of hydrogen-bond donors (Lipinski definition) is 4. The van der Waals surface area contributed by atoms with Gasteiger partial charge in [-0.1, -0.05) is 24.3 Å². The number of allylic oxidation sites excluding steroid dienone is 2. The first-order chi connectivity index (χ1) is 12.8. The van der Waals surface area contributed by atoms with Crippen molar-refractivity contribution in [2.75, 3.05) is 5.32 Å². The van der Waals surface area contributed by atoms with Gasteiger partial charge >= 0.3 is 5.97 Å². The fourth-order valence-electron chi connectivity index (χ4n) is 2.81. The lowest BCUT2D eigenvalue weighted by Crippen LogP contribution is -2.40. The summed E-state index contributed by atoms with van der Waals surface area (Å²) in [6.07, 6.45) is 7.73. The van der Waals surface area contributed by atoms with Crippen LogP contribution in [-0.4, -0.2) is 16.9 Å². The van der Waals surface area contributed by atoms with Crippen molar-refractivity contribution in [1.29, 1.82) is 5.41 Å². The lowest BCUT2D eigenvalue weighted by atomic mass is 9.88. The molecule has 0 aromatic heterocycles. The van der Waals surface area contributed by atoms with Gasteiger partial charge in [-0.15, -0.1) is 0 Å². The number of amidine groups is 1. The minimum atomic E-state index is -1.33. The van der Waals surface area contributed by atoms with Gasteiger partial charge in [0.05, 0.1) is 0 Å². The smallest absolute Gasteiger partial charge is 0.333 e. The summed E-state index contributed by atoms with van der Waals surface area (Å²) in [5.74, 6) is -1.01. The molecule has 0 heterocycles. The minimum Gasteiger partial charge on any atom is -0.479 e. The molecule has 0 aliphatic heterocycles. The summed E-state index contributed by atoms with van der Waals surface area (Å²) >= 11 is 0. The van der Waals surface area contributed by atoms with Gasteiger partial charge in [0.1, 0.15) is 5.84 Å². The highest BCUT2D eigenvalue weighted by molar-refractivity contribution is 5.95. The lowest BCUT2D eigenvalue weighted by Gasteiger charge is -2.29. The van der Waals surface area contributed by atoms with Crippen LogP contribution in [0.3, 0.4) is 0 Å². The van der Waals surface area contributed by atoms with Crippen molar-refractivity contribution >= 4 is 29.6 Å². The second-order valence-electron chi connectivity index (χ2n) is 6.43. The Morgan fingerprint density at radius 3 is 2.00 bits per heavy atom. The molecule has 0 fully saturated rings. The topological polar surface area (TPSA) is 99.2 Å². The van der Waals surface area contributed by atoms with E-state index in [1.807, 2.05) is 56.4 Å². The van der Waals surface area contributed by atoms with Gasteiger partial charge in [0.15, 0.2) is 5.54 Å². The zero-order chi connectivity index (χ0) is 20.0. The predicted molar refractivity (Wildman–Crippen MR) is 112 cm³/mol. The fourth-order valence-corrected chi connectivity index (χ4v) is 2.81. The molecule has 0 aliphatic rings. The molecule has 0 radical (unpaired) electrons. The third-order valence-electron chi connectivity index (χ3n) is 4.29. The Labute approximate surface area is 159 Å². The Morgan fingerprint density at radius 1 is 1.07 bits per heavy atom. The molecule has 27 heavy (non-hydrogen) atoms. The molecule has 5 N–H and O–H groups in total. The molecule has 1 unspecified atom stereocenters. The first-order valence-electron chi connectivity index (χ1n) is 8.67. The molecule has 2 aromatic rings. The molecule has 0 spiro atoms. The van der Waals surface area contributed by atoms with E-state index >= 15 is 0 Å². The molecular weight excluding hydrogens is 338 g/mol. The molecule has 2 aromatic carbocycles. The zero-order valence-corrected chi connectivity index (χ0v) is 15.8. The summed E-state index contributed by atoms with van der Waals surface area (Å²) in [6, 6.07) is 12.6. The number of rotatable bonds is 7. The van der Waals surface area contributed by atoms with Crippen LogP contribution in [0.2, 0.25) is 0 Å². The van der Waals surface area contributed by atoms with Crippen LogP contribution >= 0.6 is 0 Å². The molecule has 0 bridgehead atoms. The Balaban J connectivity index is 2.51. The first-order valence-corrected chi connectivity index (χ1v) is 8.67. The molecule has 140 valence electrons. The van der Waals surface area contributed by atoms with Crippen LogP contribution in [0.1, 0.15) is 43.0 Å². The van der Waals surface area contributed by atoms with E-state index in [2.05, 4.69) is 5.32 Å². The van der Waals surface area contributed by atoms with E-state index < -0.39 is 11.5 Å². The van der Waals surface area contributed by atoms with E-state index in [9.17, 15) is 9.90 Å². The van der Waals surface area contributed by atoms with Crippen LogP contribution in [0, 0.1) is 5.41 Å². The summed E-state index contributed by atoms with van der Waals surface area (Å²) in [4.78, 5) is 12.2. The fraction of sp³-hybridized carbons (Fsp3) is 0.182. The number of hydrogen-bond acceptors (Lipinski definition) is 3. The molecular formula is C22H25N3O2. The minimum absolute atomic E-state index is 0.0300. The maximum atomic E-state index is 12.2. The van der Waals surface area contributed by atoms with Crippen molar-refractivity contribution in [3.63, 3.8) is 0 Å². The van der Waals surface area contributed by atoms with Gasteiger partial charge in [0.2, 0.25) is 0 Å². The SMILES string of the molecule is CC=Cc1cc(C=CC)cc(C(C)(Nc2ccc(C(=N)N)cc2)C(=O)O)c1. The van der Waals surface area contributed by atoms with Crippen LogP contribution in [0.5, 0.6) is 0 Å². The number of aliphatic carboxylic acids is 1. The van der Waals surface area contributed by atoms with Gasteiger partial charge in [-0.3, -0.25) is 5.41 Å². The number of nitrogens with two attached hydrogens (primary N) is 1. The van der Waals surface area contributed by atoms with Crippen molar-refractivity contribution in [3.05, 3.63) is 76.9 Å². The molecule has 5 nitrogen and oxygen atoms in total. The second kappa shape index (κ2) is 8.36. The molecule has 0 saturated carbocycles. The number of anilines is 1. The van der Waals surface area contributed by atoms with Gasteiger partial charge in [0, 0.05) is 11.3 Å². The molecule has 1 atom stereocenters. The standard InChI is InChI=1S/C22H25N3O2/c1-4-6-15-12-16(7-5-2)14-18(13-15)22(3,21(26)27)25-19-10-8-17(9-11-19)20(23)24/h4-14,25H,1-3H3,(H3,23,24)(H,26,27). The Bertz CT molecular complexity index is 868. The Morgan fingerprint density at radius 2 is 1.59 bits per heavy atom. The van der Waals surface area contributed by atoms with E-state index in [0.717, 1.165) is 11.1 Å². The van der Waals surface area contributed by atoms with Gasteiger partial charge in [-0.05, 0) is 79.9 Å². The van der Waals surface area contributed by atoms with Crippen molar-refractivity contribution < 1.29 is 9.90 Å². The third kappa shape index (κ3) is 4.64. The zero-order valence-electron chi connectivity index (χ0n) is 15.8. The number of carboxylic acids is 1. The van der Waals surface area contributed by atoms with Crippen LogP contribution in [0.25, 0.3) is 12.2 Å². The van der Waals surface area contributed by atoms with Crippen LogP contribution in [-0.2, 0) is 10.3 Å². The van der Waals surface area contributed by atoms with E-state index in [0.29, 0.717) is 16.8 Å². The maximum Gasteiger partial charge on any atom is 0.333 e. The number of carboxylic acid groups (broad SMARTS) is 1. The third-order valence-corrected chi connectivity index (χ3v) is 4.29. The van der Waals surface area contributed by atoms with Crippen LogP contribution in [0.15, 0.2) is 54.6 Å². The largest absolute Gasteiger partial charge is 0.479 e. The molecule has 0 amide bonds. The van der Waals surface area contributed by atoms with E-state index in [4.69, 9.17) is 11.1 Å². The summed E-state index contributed by atoms with van der Waals surface area (Å²) in [7, 11) is 0. The molecule has 0 saturated heterocycles. The predicted octanol–water partition coefficient (Wildman–Crippen LogP) is 4.45. The average molecular weight is 363 g/mol. The normalized spacial score (nSPS) is 13.6. The number of benzene rings is 2. The van der Waals surface area contributed by atoms with Gasteiger partial charge in [-0.2, -0.15) is 0 Å².